The van der Waals surface area contributed by atoms with E-state index >= 15 is 8.78 Å². The highest BCUT2D eigenvalue weighted by Gasteiger charge is 2.37. The lowest BCUT2D eigenvalue weighted by atomic mass is 10.0. The molecule has 266 valence electrons. The van der Waals surface area contributed by atoms with Crippen molar-refractivity contribution in [3.8, 4) is 34.5 Å². The second kappa shape index (κ2) is 16.9. The fourth-order valence-corrected chi connectivity index (χ4v) is 6.16. The highest BCUT2D eigenvalue weighted by molar-refractivity contribution is 5.95. The molecule has 12 nitrogen and oxygen atoms in total. The lowest BCUT2D eigenvalue weighted by Gasteiger charge is -2.31. The molecule has 0 aliphatic carbocycles. The molecule has 48 heavy (non-hydrogen) atoms. The molecule has 0 aromatic heterocycles. The Kier molecular flexibility index (Phi) is 12.9. The molecular weight excluding hydrogens is 632 g/mol. The number of methoxy groups -OCH3 is 5. The van der Waals surface area contributed by atoms with E-state index in [0.29, 0.717) is 91.9 Å². The number of nitrogens with zero attached hydrogens (tertiary/aromatic N) is 3. The Morgan fingerprint density at radius 2 is 1.35 bits per heavy atom. The van der Waals surface area contributed by atoms with Crippen LogP contribution in [0.2, 0.25) is 0 Å². The van der Waals surface area contributed by atoms with Crippen LogP contribution in [0, 0.1) is 0 Å². The summed E-state index contributed by atoms with van der Waals surface area (Å²) in [6.45, 7) is 1.15. The number of esters is 1. The van der Waals surface area contributed by atoms with Crippen LogP contribution >= 0.6 is 0 Å². The van der Waals surface area contributed by atoms with Crippen LogP contribution in [0.15, 0.2) is 24.3 Å². The first kappa shape index (κ1) is 36.8. The lowest BCUT2D eigenvalue weighted by Crippen LogP contribution is -2.43. The van der Waals surface area contributed by atoms with Gasteiger partial charge < -0.3 is 38.1 Å². The molecule has 0 spiro atoms. The van der Waals surface area contributed by atoms with Crippen LogP contribution in [-0.2, 0) is 4.74 Å². The van der Waals surface area contributed by atoms with Gasteiger partial charge in [-0.25, -0.2) is 13.6 Å². The monoisotopic (exact) mass is 679 g/mol. The van der Waals surface area contributed by atoms with Crippen molar-refractivity contribution < 1.29 is 51.5 Å². The fourth-order valence-electron chi connectivity index (χ4n) is 6.16. The summed E-state index contributed by atoms with van der Waals surface area (Å²) >= 11 is 0. The number of ether oxygens (including phenoxy) is 7. The number of carbonyl (C=O) groups is 2. The molecule has 2 aliphatic heterocycles. The number of hydrogen-bond donors (Lipinski definition) is 0. The zero-order valence-corrected chi connectivity index (χ0v) is 28.6. The Morgan fingerprint density at radius 3 is 1.96 bits per heavy atom. The van der Waals surface area contributed by atoms with Crippen molar-refractivity contribution in [2.75, 3.05) is 95.1 Å². The maximum absolute atomic E-state index is 15.1. The molecule has 0 N–H and O–H groups in total. The molecule has 1 fully saturated rings. The van der Waals surface area contributed by atoms with Gasteiger partial charge in [-0.1, -0.05) is 0 Å². The largest absolute Gasteiger partial charge is 0.493 e. The minimum Gasteiger partial charge on any atom is -0.493 e. The van der Waals surface area contributed by atoms with Gasteiger partial charge in [0.1, 0.15) is 0 Å². The van der Waals surface area contributed by atoms with Gasteiger partial charge in [0.2, 0.25) is 11.5 Å². The zero-order chi connectivity index (χ0) is 34.8. The summed E-state index contributed by atoms with van der Waals surface area (Å²) in [6, 6.07) is 5.91. The highest BCUT2D eigenvalue weighted by atomic mass is 19.3. The van der Waals surface area contributed by atoms with Gasteiger partial charge in [0.25, 0.3) is 11.8 Å². The van der Waals surface area contributed by atoms with Crippen LogP contribution in [-0.4, -0.2) is 134 Å². The second-order valence-electron chi connectivity index (χ2n) is 11.9. The number of fused-ring (bicyclic) bond motifs is 5. The van der Waals surface area contributed by atoms with Crippen LogP contribution in [0.5, 0.6) is 34.5 Å². The number of rotatable bonds is 7. The molecule has 14 heteroatoms. The number of carbonyl (C=O) groups excluding carboxylic acids is 2. The van der Waals surface area contributed by atoms with E-state index in [1.54, 1.807) is 39.9 Å². The Morgan fingerprint density at radius 1 is 0.771 bits per heavy atom. The topological polar surface area (TPSA) is 108 Å². The Labute approximate surface area is 280 Å². The first-order valence-electron chi connectivity index (χ1n) is 16.0. The molecule has 2 aromatic rings. The van der Waals surface area contributed by atoms with Crippen LogP contribution in [0.1, 0.15) is 46.4 Å². The summed E-state index contributed by atoms with van der Waals surface area (Å²) < 4.78 is 69.1. The van der Waals surface area contributed by atoms with Crippen molar-refractivity contribution in [3.05, 3.63) is 35.4 Å². The van der Waals surface area contributed by atoms with E-state index in [9.17, 15) is 9.59 Å². The number of cyclic esters (lactones) is 1. The fraction of sp³-hybridized carbons (Fsp3) is 0.588. The van der Waals surface area contributed by atoms with Gasteiger partial charge in [-0.15, -0.1) is 0 Å². The number of amides is 1. The van der Waals surface area contributed by atoms with E-state index in [0.717, 1.165) is 0 Å². The number of alkyl halides is 2. The zero-order valence-electron chi connectivity index (χ0n) is 28.6. The Bertz CT molecular complexity index is 1390. The predicted octanol–water partition coefficient (Wildman–Crippen LogP) is 4.23. The van der Waals surface area contributed by atoms with Crippen LogP contribution in [0.25, 0.3) is 0 Å². The van der Waals surface area contributed by atoms with Crippen molar-refractivity contribution in [2.24, 2.45) is 0 Å². The smallest absolute Gasteiger partial charge is 0.338 e. The molecule has 1 saturated heterocycles. The molecule has 0 radical (unpaired) electrons. The minimum atomic E-state index is -2.93. The number of hydrogen-bond acceptors (Lipinski definition) is 11. The van der Waals surface area contributed by atoms with Crippen LogP contribution in [0.3, 0.4) is 0 Å². The Balaban J connectivity index is 1.62. The summed E-state index contributed by atoms with van der Waals surface area (Å²) in [5.74, 6) is -1.80. The molecular formula is C34H47F2N3O9. The molecule has 3 atom stereocenters. The van der Waals surface area contributed by atoms with E-state index in [-0.39, 0.29) is 43.8 Å². The molecule has 4 bridgehead atoms. The van der Waals surface area contributed by atoms with Gasteiger partial charge in [0.15, 0.2) is 23.0 Å². The van der Waals surface area contributed by atoms with Gasteiger partial charge >= 0.3 is 5.97 Å². The van der Waals surface area contributed by atoms with Gasteiger partial charge in [-0.05, 0) is 49.9 Å². The van der Waals surface area contributed by atoms with Crippen molar-refractivity contribution in [3.63, 3.8) is 0 Å². The van der Waals surface area contributed by atoms with Crippen molar-refractivity contribution >= 4 is 11.9 Å². The van der Waals surface area contributed by atoms with E-state index in [1.807, 2.05) is 0 Å². The number of benzene rings is 2. The van der Waals surface area contributed by atoms with Crippen molar-refractivity contribution in [2.45, 2.75) is 37.6 Å². The molecule has 2 aliphatic rings. The van der Waals surface area contributed by atoms with E-state index in [2.05, 4.69) is 0 Å². The maximum atomic E-state index is 15.1. The average molecular weight is 680 g/mol. The van der Waals surface area contributed by atoms with Gasteiger partial charge in [0.05, 0.1) is 67.4 Å². The maximum Gasteiger partial charge on any atom is 0.338 e. The summed E-state index contributed by atoms with van der Waals surface area (Å²) in [5, 5.41) is 0. The van der Waals surface area contributed by atoms with E-state index in [4.69, 9.17) is 33.2 Å². The minimum absolute atomic E-state index is 0.0726. The summed E-state index contributed by atoms with van der Waals surface area (Å²) in [6.07, 6.45) is 1.86. The highest BCUT2D eigenvalue weighted by Crippen LogP contribution is 2.40. The third kappa shape index (κ3) is 9.10. The lowest BCUT2D eigenvalue weighted by molar-refractivity contribution is -0.0393. The molecule has 4 rings (SSSR count). The number of halogens is 2. The van der Waals surface area contributed by atoms with Crippen molar-refractivity contribution in [1.29, 1.82) is 0 Å². The Hall–Kier alpha value is -4.04. The molecule has 1 amide bonds. The third-order valence-electron chi connectivity index (χ3n) is 8.67. The van der Waals surface area contributed by atoms with E-state index < -0.39 is 11.9 Å². The SMILES string of the molecule is COc1cc(C(=O)N(C)[C@H]2CCCOc3cc(cc(OC)c3OC)C(=O)OCCCN3CCN(CC2)CC(F)(F)C3)cc(OC)c1OC. The normalized spacial score (nSPS) is 22.0. The summed E-state index contributed by atoms with van der Waals surface area (Å²) in [4.78, 5) is 31.9. The van der Waals surface area contributed by atoms with Gasteiger partial charge in [-0.2, -0.15) is 0 Å². The van der Waals surface area contributed by atoms with E-state index in [1.165, 1.54) is 41.6 Å². The quantitative estimate of drug-likeness (QED) is 0.393. The van der Waals surface area contributed by atoms with Gasteiger partial charge in [-0.3, -0.25) is 14.6 Å². The summed E-state index contributed by atoms with van der Waals surface area (Å²) in [7, 11) is 9.08. The molecule has 2 aromatic carbocycles. The van der Waals surface area contributed by atoms with Gasteiger partial charge in [0, 0.05) is 44.8 Å². The molecule has 2 heterocycles. The van der Waals surface area contributed by atoms with Crippen LogP contribution < -0.4 is 28.4 Å². The third-order valence-corrected chi connectivity index (χ3v) is 8.67. The average Bonchev–Trinajstić information content (AvgIpc) is 3.23. The molecule has 0 saturated carbocycles. The second-order valence-corrected chi connectivity index (χ2v) is 11.9. The first-order chi connectivity index (χ1) is 23.0. The predicted molar refractivity (Wildman–Crippen MR) is 174 cm³/mol. The molecule has 2 unspecified atom stereocenters. The van der Waals surface area contributed by atoms with Crippen LogP contribution in [0.4, 0.5) is 8.78 Å². The first-order valence-corrected chi connectivity index (χ1v) is 16.0. The van der Waals surface area contributed by atoms with Crippen molar-refractivity contribution in [1.82, 2.24) is 14.7 Å². The standard InChI is InChI=1S/C34H47F2N3O9/c1-37(32(40)23-17-26(42-2)30(45-5)27(18-23)43-3)25-9-7-15-47-29-20-24(19-28(44-4)31(29)46-6)33(41)48-16-8-11-38-13-14-39(12-10-25)22-34(35,36)21-38/h17-20,25H,7-16,21-22H2,1-6H3/t25-/m0/s1. The summed E-state index contributed by atoms with van der Waals surface area (Å²) in [5.41, 5.74) is 0.544.